The number of hydrogen-bond acceptors (Lipinski definition) is 4. The van der Waals surface area contributed by atoms with Gasteiger partial charge < -0.3 is 19.7 Å². The highest BCUT2D eigenvalue weighted by Crippen LogP contribution is 2.30. The molecule has 0 radical (unpaired) electrons. The Hall–Kier alpha value is -1.33. The van der Waals surface area contributed by atoms with E-state index in [0.29, 0.717) is 6.61 Å². The molecule has 1 N–H and O–H groups in total. The molecule has 4 nitrogen and oxygen atoms in total. The Morgan fingerprint density at radius 2 is 2.10 bits per heavy atom. The number of methoxy groups -OCH3 is 1. The summed E-state index contributed by atoms with van der Waals surface area (Å²) in [4.78, 5) is 2.16. The normalized spacial score (nSPS) is 17.1. The smallest absolute Gasteiger partial charge is 0.143 e. The van der Waals surface area contributed by atoms with Gasteiger partial charge >= 0.3 is 0 Å². The lowest BCUT2D eigenvalue weighted by atomic mass is 10.2. The molecule has 1 heterocycles. The Morgan fingerprint density at radius 3 is 2.80 bits per heavy atom. The summed E-state index contributed by atoms with van der Waals surface area (Å²) < 4.78 is 24.5. The van der Waals surface area contributed by atoms with Gasteiger partial charge in [0, 0.05) is 52.4 Å². The van der Waals surface area contributed by atoms with Crippen LogP contribution in [0.5, 0.6) is 5.75 Å². The molecule has 1 unspecified atom stereocenters. The molecule has 0 spiro atoms. The van der Waals surface area contributed by atoms with Crippen molar-refractivity contribution in [2.75, 3.05) is 44.8 Å². The second kappa shape index (κ2) is 7.45. The molecule has 0 bridgehead atoms. The summed E-state index contributed by atoms with van der Waals surface area (Å²) in [6, 6.07) is 4.73. The maximum Gasteiger partial charge on any atom is 0.143 e. The van der Waals surface area contributed by atoms with Gasteiger partial charge in [0.25, 0.3) is 0 Å². The molecule has 0 aromatic heterocycles. The first kappa shape index (κ1) is 15.1. The predicted molar refractivity (Wildman–Crippen MR) is 78.1 cm³/mol. The average molecular weight is 282 g/mol. The van der Waals surface area contributed by atoms with Crippen LogP contribution in [0.25, 0.3) is 0 Å². The first-order chi connectivity index (χ1) is 9.70. The summed E-state index contributed by atoms with van der Waals surface area (Å²) in [7, 11) is 1.68. The molecule has 0 saturated carbocycles. The quantitative estimate of drug-likeness (QED) is 0.866. The molecular formula is C15H23FN2O2. The number of nitrogens with zero attached hydrogens (tertiary/aromatic N) is 1. The molecule has 0 aliphatic carbocycles. The maximum absolute atomic E-state index is 13.5. The highest BCUT2D eigenvalue weighted by Gasteiger charge is 2.17. The van der Waals surface area contributed by atoms with E-state index < -0.39 is 0 Å². The fourth-order valence-electron chi connectivity index (χ4n) is 2.30. The molecule has 1 aromatic carbocycles. The molecule has 1 aromatic rings. The van der Waals surface area contributed by atoms with Crippen LogP contribution in [-0.4, -0.2) is 46.0 Å². The van der Waals surface area contributed by atoms with Gasteiger partial charge in [-0.1, -0.05) is 0 Å². The zero-order chi connectivity index (χ0) is 14.4. The Balaban J connectivity index is 2.10. The van der Waals surface area contributed by atoms with E-state index in [-0.39, 0.29) is 11.9 Å². The van der Waals surface area contributed by atoms with Crippen molar-refractivity contribution in [2.24, 2.45) is 0 Å². The van der Waals surface area contributed by atoms with Crippen LogP contribution in [0.3, 0.4) is 0 Å². The predicted octanol–water partition coefficient (Wildman–Crippen LogP) is 2.04. The summed E-state index contributed by atoms with van der Waals surface area (Å²) in [5, 5.41) is 3.29. The lowest BCUT2D eigenvalue weighted by molar-refractivity contribution is 0.135. The minimum absolute atomic E-state index is 0.0436. The average Bonchev–Trinajstić information content (AvgIpc) is 2.48. The zero-order valence-corrected chi connectivity index (χ0v) is 12.2. The number of anilines is 1. The van der Waals surface area contributed by atoms with E-state index in [1.165, 1.54) is 6.07 Å². The molecule has 5 heteroatoms. The van der Waals surface area contributed by atoms with Crippen molar-refractivity contribution in [3.05, 3.63) is 24.0 Å². The highest BCUT2D eigenvalue weighted by atomic mass is 19.1. The van der Waals surface area contributed by atoms with E-state index in [0.717, 1.165) is 44.0 Å². The standard InChI is InChI=1S/C15H23FN2O2/c1-12(5-10-19-2)20-15-4-3-13(16)11-14(15)18-8-6-17-7-9-18/h3-4,11-12,17H,5-10H2,1-2H3. The van der Waals surface area contributed by atoms with Crippen LogP contribution in [0, 0.1) is 5.82 Å². The Kier molecular flexibility index (Phi) is 5.61. The first-order valence-corrected chi connectivity index (χ1v) is 7.11. The van der Waals surface area contributed by atoms with Gasteiger partial charge in [-0.25, -0.2) is 4.39 Å². The molecule has 1 aliphatic heterocycles. The van der Waals surface area contributed by atoms with Crippen molar-refractivity contribution < 1.29 is 13.9 Å². The minimum atomic E-state index is -0.226. The fraction of sp³-hybridized carbons (Fsp3) is 0.600. The molecular weight excluding hydrogens is 259 g/mol. The summed E-state index contributed by atoms with van der Waals surface area (Å²) >= 11 is 0. The van der Waals surface area contributed by atoms with Gasteiger partial charge in [-0.15, -0.1) is 0 Å². The second-order valence-electron chi connectivity index (χ2n) is 5.06. The number of rotatable bonds is 6. The van der Waals surface area contributed by atoms with Crippen LogP contribution < -0.4 is 15.0 Å². The van der Waals surface area contributed by atoms with Crippen LogP contribution in [0.15, 0.2) is 18.2 Å². The zero-order valence-electron chi connectivity index (χ0n) is 12.2. The summed E-state index contributed by atoms with van der Waals surface area (Å²) in [6.07, 6.45) is 0.858. The van der Waals surface area contributed by atoms with Crippen molar-refractivity contribution in [2.45, 2.75) is 19.4 Å². The monoisotopic (exact) mass is 282 g/mol. The second-order valence-corrected chi connectivity index (χ2v) is 5.06. The third kappa shape index (κ3) is 4.08. The third-order valence-corrected chi connectivity index (χ3v) is 3.44. The van der Waals surface area contributed by atoms with Crippen LogP contribution in [0.2, 0.25) is 0 Å². The van der Waals surface area contributed by atoms with Gasteiger partial charge in [-0.3, -0.25) is 0 Å². The number of ether oxygens (including phenoxy) is 2. The van der Waals surface area contributed by atoms with Crippen molar-refractivity contribution in [3.63, 3.8) is 0 Å². The number of nitrogens with one attached hydrogen (secondary N) is 1. The third-order valence-electron chi connectivity index (χ3n) is 3.44. The largest absolute Gasteiger partial charge is 0.488 e. The van der Waals surface area contributed by atoms with E-state index >= 15 is 0 Å². The topological polar surface area (TPSA) is 33.7 Å². The number of halogens is 1. The van der Waals surface area contributed by atoms with Crippen LogP contribution in [-0.2, 0) is 4.74 Å². The number of piperazine rings is 1. The van der Waals surface area contributed by atoms with E-state index in [1.807, 2.05) is 6.92 Å². The van der Waals surface area contributed by atoms with Crippen LogP contribution in [0.4, 0.5) is 10.1 Å². The van der Waals surface area contributed by atoms with Crippen molar-refractivity contribution in [1.29, 1.82) is 0 Å². The fourth-order valence-corrected chi connectivity index (χ4v) is 2.30. The van der Waals surface area contributed by atoms with Gasteiger partial charge in [-0.05, 0) is 19.1 Å². The summed E-state index contributed by atoms with van der Waals surface area (Å²) in [5.41, 5.74) is 0.843. The van der Waals surface area contributed by atoms with E-state index in [4.69, 9.17) is 9.47 Å². The van der Waals surface area contributed by atoms with Crippen molar-refractivity contribution in [1.82, 2.24) is 5.32 Å². The van der Waals surface area contributed by atoms with Crippen LogP contribution >= 0.6 is 0 Å². The van der Waals surface area contributed by atoms with E-state index in [9.17, 15) is 4.39 Å². The summed E-state index contributed by atoms with van der Waals surface area (Å²) in [6.45, 7) is 6.22. The van der Waals surface area contributed by atoms with Gasteiger partial charge in [0.15, 0.2) is 0 Å². The van der Waals surface area contributed by atoms with Crippen molar-refractivity contribution >= 4 is 5.69 Å². The van der Waals surface area contributed by atoms with Gasteiger partial charge in [0.1, 0.15) is 11.6 Å². The lowest BCUT2D eigenvalue weighted by Gasteiger charge is -2.31. The Bertz CT molecular complexity index is 422. The maximum atomic E-state index is 13.5. The Morgan fingerprint density at radius 1 is 1.35 bits per heavy atom. The number of benzene rings is 1. The molecule has 1 saturated heterocycles. The van der Waals surface area contributed by atoms with Gasteiger partial charge in [-0.2, -0.15) is 0 Å². The summed E-state index contributed by atoms with van der Waals surface area (Å²) in [5.74, 6) is 0.521. The van der Waals surface area contributed by atoms with Gasteiger partial charge in [0.2, 0.25) is 0 Å². The van der Waals surface area contributed by atoms with E-state index in [2.05, 4.69) is 10.2 Å². The van der Waals surface area contributed by atoms with Crippen molar-refractivity contribution in [3.8, 4) is 5.75 Å². The van der Waals surface area contributed by atoms with E-state index in [1.54, 1.807) is 19.2 Å². The number of hydrogen-bond donors (Lipinski definition) is 1. The molecule has 1 fully saturated rings. The molecule has 112 valence electrons. The highest BCUT2D eigenvalue weighted by molar-refractivity contribution is 5.59. The molecule has 1 aliphatic rings. The van der Waals surface area contributed by atoms with Crippen LogP contribution in [0.1, 0.15) is 13.3 Å². The molecule has 20 heavy (non-hydrogen) atoms. The molecule has 2 rings (SSSR count). The SMILES string of the molecule is COCCC(C)Oc1ccc(F)cc1N1CCNCC1. The van der Waals surface area contributed by atoms with Gasteiger partial charge in [0.05, 0.1) is 11.8 Å². The first-order valence-electron chi connectivity index (χ1n) is 7.11. The lowest BCUT2D eigenvalue weighted by Crippen LogP contribution is -2.43. The Labute approximate surface area is 119 Å². The minimum Gasteiger partial charge on any atom is -0.488 e. The molecule has 1 atom stereocenters. The molecule has 0 amide bonds.